The lowest BCUT2D eigenvalue weighted by Gasteiger charge is -2.23. The first-order valence-corrected chi connectivity index (χ1v) is 16.0. The molecule has 0 aliphatic rings. The van der Waals surface area contributed by atoms with E-state index in [1.165, 1.54) is 12.4 Å². The molecule has 0 fully saturated rings. The first kappa shape index (κ1) is 33.1. The number of phenols is 6. The molecule has 0 atom stereocenters. The molecule has 0 unspecified atom stereocenters. The molecule has 12 heteroatoms. The van der Waals surface area contributed by atoms with Gasteiger partial charge in [0.2, 0.25) is 0 Å². The fourth-order valence-electron chi connectivity index (χ4n) is 5.97. The quantitative estimate of drug-likeness (QED) is 0.0553. The van der Waals surface area contributed by atoms with Gasteiger partial charge in [-0.1, -0.05) is 63.7 Å². The van der Waals surface area contributed by atoms with Crippen LogP contribution < -0.4 is 10.3 Å². The van der Waals surface area contributed by atoms with Crippen molar-refractivity contribution in [1.82, 2.24) is 0 Å². The zero-order valence-corrected chi connectivity index (χ0v) is 27.1. The van der Waals surface area contributed by atoms with Crippen LogP contribution in [0.15, 0.2) is 22.1 Å². The van der Waals surface area contributed by atoms with Gasteiger partial charge < -0.3 is 30.6 Å². The third kappa shape index (κ3) is 5.47. The SMILES string of the molecule is Cc1cc2c(C(C)C)c(O)c(O)c(/C=N\CSN)c2c(O)c1-c1c(C)cc2c(C(C)C)c(O)c(O)c(/C=N\CSN)c2c1O. The number of aliphatic imine (C=N–C) groups is 2. The Morgan fingerprint density at radius 3 is 1.25 bits per heavy atom. The lowest BCUT2D eigenvalue weighted by molar-refractivity contribution is 0.398. The van der Waals surface area contributed by atoms with E-state index in [0.29, 0.717) is 33.0 Å². The molecular weight excluding hydrogens is 601 g/mol. The number of rotatable bonds is 9. The highest BCUT2D eigenvalue weighted by Gasteiger charge is 2.29. The zero-order chi connectivity index (χ0) is 32.6. The molecule has 0 aromatic heterocycles. The van der Waals surface area contributed by atoms with Crippen LogP contribution >= 0.6 is 23.9 Å². The van der Waals surface area contributed by atoms with E-state index in [0.717, 1.165) is 23.9 Å². The molecule has 4 aromatic rings. The Morgan fingerprint density at radius 1 is 0.614 bits per heavy atom. The Morgan fingerprint density at radius 2 is 0.955 bits per heavy atom. The van der Waals surface area contributed by atoms with Gasteiger partial charge >= 0.3 is 0 Å². The van der Waals surface area contributed by atoms with Crippen LogP contribution in [0.25, 0.3) is 32.7 Å². The van der Waals surface area contributed by atoms with Crippen molar-refractivity contribution in [2.45, 2.75) is 53.4 Å². The highest BCUT2D eigenvalue weighted by Crippen LogP contribution is 2.54. The summed E-state index contributed by atoms with van der Waals surface area (Å²) in [5, 5.41) is 80.8. The van der Waals surface area contributed by atoms with E-state index in [1.807, 2.05) is 27.7 Å². The van der Waals surface area contributed by atoms with Crippen molar-refractivity contribution in [2.24, 2.45) is 20.3 Å². The Kier molecular flexibility index (Phi) is 9.79. The van der Waals surface area contributed by atoms with Gasteiger partial charge in [0.05, 0.1) is 11.8 Å². The van der Waals surface area contributed by atoms with Gasteiger partial charge in [-0.15, -0.1) is 0 Å². The molecule has 0 saturated heterocycles. The molecule has 44 heavy (non-hydrogen) atoms. The molecule has 234 valence electrons. The molecular formula is C32H38N4O6S2. The molecule has 0 aliphatic carbocycles. The van der Waals surface area contributed by atoms with Gasteiger partial charge in [-0.25, -0.2) is 0 Å². The van der Waals surface area contributed by atoms with Crippen LogP contribution in [0.5, 0.6) is 34.5 Å². The Labute approximate surface area is 264 Å². The van der Waals surface area contributed by atoms with Crippen molar-refractivity contribution in [3.05, 3.63) is 45.5 Å². The average molecular weight is 639 g/mol. The molecule has 4 aromatic carbocycles. The van der Waals surface area contributed by atoms with Crippen molar-refractivity contribution < 1.29 is 30.6 Å². The summed E-state index contributed by atoms with van der Waals surface area (Å²) in [4.78, 5) is 8.45. The monoisotopic (exact) mass is 638 g/mol. The van der Waals surface area contributed by atoms with Crippen LogP contribution in [0.3, 0.4) is 0 Å². The predicted molar refractivity (Wildman–Crippen MR) is 183 cm³/mol. The second-order valence-corrected chi connectivity index (χ2v) is 12.4. The van der Waals surface area contributed by atoms with E-state index in [4.69, 9.17) is 10.3 Å². The van der Waals surface area contributed by atoms with Gasteiger partial charge in [0.25, 0.3) is 0 Å². The standard InChI is InChI=1S/C32H38N4O6S2/c1-13(2)21-17-7-15(5)23(29(39)25(17)19(9-35-11-43-33)27(37)31(21)41)24-16(6)8-18-22(14(3)4)32(42)28(38)20(10-36-12-44-34)26(18)30(24)40/h7-10,13-14,37-42H,11-12,33-34H2,1-6H3/b35-9-,36-10-. The maximum Gasteiger partial charge on any atom is 0.167 e. The summed E-state index contributed by atoms with van der Waals surface area (Å²) in [5.41, 5.74) is 2.85. The lowest BCUT2D eigenvalue weighted by Crippen LogP contribution is -2.01. The first-order valence-electron chi connectivity index (χ1n) is 13.9. The molecule has 0 heterocycles. The fraction of sp³-hybridized carbons (Fsp3) is 0.312. The summed E-state index contributed by atoms with van der Waals surface area (Å²) in [5.74, 6) is -2.02. The summed E-state index contributed by atoms with van der Waals surface area (Å²) >= 11 is 1.95. The van der Waals surface area contributed by atoms with Crippen LogP contribution in [0.4, 0.5) is 0 Å². The predicted octanol–water partition coefficient (Wildman–Crippen LogP) is 6.72. The van der Waals surface area contributed by atoms with E-state index >= 15 is 0 Å². The van der Waals surface area contributed by atoms with Crippen LogP contribution in [0, 0.1) is 13.8 Å². The summed E-state index contributed by atoms with van der Waals surface area (Å²) in [7, 11) is 0. The molecule has 10 N–H and O–H groups in total. The maximum atomic E-state index is 12.0. The first-order chi connectivity index (χ1) is 20.8. The van der Waals surface area contributed by atoms with Crippen LogP contribution in [0.2, 0.25) is 0 Å². The van der Waals surface area contributed by atoms with Gasteiger partial charge in [-0.3, -0.25) is 20.3 Å². The molecule has 0 spiro atoms. The third-order valence-electron chi connectivity index (χ3n) is 7.73. The van der Waals surface area contributed by atoms with Crippen LogP contribution in [-0.2, 0) is 0 Å². The summed E-state index contributed by atoms with van der Waals surface area (Å²) < 4.78 is 0. The Balaban J connectivity index is 2.24. The van der Waals surface area contributed by atoms with Crippen LogP contribution in [-0.4, -0.2) is 54.8 Å². The van der Waals surface area contributed by atoms with E-state index < -0.39 is 11.5 Å². The molecule has 0 aliphatic heterocycles. The van der Waals surface area contributed by atoms with E-state index in [1.54, 1.807) is 26.0 Å². The molecule has 10 nitrogen and oxygen atoms in total. The molecule has 0 bridgehead atoms. The highest BCUT2D eigenvalue weighted by atomic mass is 32.2. The second-order valence-electron chi connectivity index (χ2n) is 11.3. The maximum absolute atomic E-state index is 12.0. The average Bonchev–Trinajstić information content (AvgIpc) is 2.94. The van der Waals surface area contributed by atoms with Crippen molar-refractivity contribution in [3.8, 4) is 45.6 Å². The number of aromatic hydroxyl groups is 6. The fourth-order valence-corrected chi connectivity index (χ4v) is 6.29. The van der Waals surface area contributed by atoms with Crippen molar-refractivity contribution in [1.29, 1.82) is 0 Å². The smallest absolute Gasteiger partial charge is 0.167 e. The molecule has 0 amide bonds. The van der Waals surface area contributed by atoms with E-state index in [9.17, 15) is 30.6 Å². The molecule has 0 saturated carbocycles. The zero-order valence-electron chi connectivity index (χ0n) is 25.4. The summed E-state index contributed by atoms with van der Waals surface area (Å²) in [6.45, 7) is 11.0. The minimum atomic E-state index is -0.435. The number of hydrogen-bond acceptors (Lipinski definition) is 12. The number of aryl methyl sites for hydroxylation is 2. The van der Waals surface area contributed by atoms with Gasteiger partial charge in [-0.05, 0) is 47.6 Å². The number of nitrogens with zero attached hydrogens (tertiary/aromatic N) is 2. The van der Waals surface area contributed by atoms with Crippen LogP contribution in [0.1, 0.15) is 72.9 Å². The van der Waals surface area contributed by atoms with Crippen molar-refractivity contribution in [3.63, 3.8) is 0 Å². The number of fused-ring (bicyclic) bond motifs is 2. The highest BCUT2D eigenvalue weighted by molar-refractivity contribution is 7.97. The van der Waals surface area contributed by atoms with Crippen molar-refractivity contribution >= 4 is 57.9 Å². The minimum absolute atomic E-state index is 0.101. The number of nitrogens with two attached hydrogens (primary N) is 2. The summed E-state index contributed by atoms with van der Waals surface area (Å²) in [6, 6.07) is 3.59. The topological polar surface area (TPSA) is 198 Å². The molecule has 4 rings (SSSR count). The van der Waals surface area contributed by atoms with E-state index in [2.05, 4.69) is 9.98 Å². The number of hydrogen-bond donors (Lipinski definition) is 8. The Bertz CT molecular complexity index is 1700. The largest absolute Gasteiger partial charge is 0.507 e. The normalized spacial score (nSPS) is 12.3. The third-order valence-corrected chi connectivity index (χ3v) is 8.32. The van der Waals surface area contributed by atoms with Gasteiger partial charge in [0.1, 0.15) is 11.5 Å². The van der Waals surface area contributed by atoms with Gasteiger partial charge in [0, 0.05) is 56.6 Å². The minimum Gasteiger partial charge on any atom is -0.507 e. The second kappa shape index (κ2) is 13.0. The van der Waals surface area contributed by atoms with Crippen molar-refractivity contribution in [2.75, 3.05) is 11.8 Å². The van der Waals surface area contributed by atoms with E-state index in [-0.39, 0.29) is 79.6 Å². The number of phenolic OH excluding ortho intramolecular Hbond substituents is 6. The number of benzene rings is 4. The lowest BCUT2D eigenvalue weighted by atomic mass is 9.83. The molecule has 0 radical (unpaired) electrons. The van der Waals surface area contributed by atoms with Gasteiger partial charge in [0.15, 0.2) is 23.0 Å². The summed E-state index contributed by atoms with van der Waals surface area (Å²) in [6.07, 6.45) is 2.71. The van der Waals surface area contributed by atoms with Gasteiger partial charge in [-0.2, -0.15) is 0 Å². The Hall–Kier alpha value is -3.84.